The summed E-state index contributed by atoms with van der Waals surface area (Å²) >= 11 is 0. The number of hydrogen-bond acceptors (Lipinski definition) is 1. The Labute approximate surface area is 91.2 Å². The van der Waals surface area contributed by atoms with E-state index in [9.17, 15) is 4.79 Å². The first kappa shape index (κ1) is 11.5. The molecule has 0 aliphatic heterocycles. The number of nitrogens with zero attached hydrogens (tertiary/aromatic N) is 1. The molecule has 15 heavy (non-hydrogen) atoms. The fourth-order valence-electron chi connectivity index (χ4n) is 1.45. The number of likely N-dealkylation sites (N-methyl/N-ethyl adjacent to an activating group) is 1. The van der Waals surface area contributed by atoms with Crippen molar-refractivity contribution in [3.63, 3.8) is 0 Å². The predicted octanol–water partition coefficient (Wildman–Crippen LogP) is 2.26. The van der Waals surface area contributed by atoms with Gasteiger partial charge in [-0.1, -0.05) is 36.4 Å². The van der Waals surface area contributed by atoms with Crippen LogP contribution in [-0.4, -0.2) is 23.9 Å². The lowest BCUT2D eigenvalue weighted by Gasteiger charge is -2.18. The van der Waals surface area contributed by atoms with Crippen LogP contribution in [0.5, 0.6) is 0 Å². The largest absolute Gasteiger partial charge is 0.339 e. The van der Waals surface area contributed by atoms with Gasteiger partial charge < -0.3 is 4.90 Å². The Morgan fingerprint density at radius 2 is 2.07 bits per heavy atom. The first-order valence-electron chi connectivity index (χ1n) is 5.20. The molecule has 0 fully saturated rings. The summed E-state index contributed by atoms with van der Waals surface area (Å²) in [6.45, 7) is 6.98. The fraction of sp³-hybridized carbons (Fsp3) is 0.308. The molecular weight excluding hydrogens is 186 g/mol. The molecule has 2 nitrogen and oxygen atoms in total. The second kappa shape index (κ2) is 6.02. The quantitative estimate of drug-likeness (QED) is 0.672. The van der Waals surface area contributed by atoms with Crippen LogP contribution in [-0.2, 0) is 11.2 Å². The summed E-state index contributed by atoms with van der Waals surface area (Å²) in [7, 11) is 0. The van der Waals surface area contributed by atoms with Gasteiger partial charge in [-0.3, -0.25) is 4.79 Å². The topological polar surface area (TPSA) is 20.3 Å². The van der Waals surface area contributed by atoms with Gasteiger partial charge in [0.25, 0.3) is 0 Å². The number of rotatable bonds is 5. The van der Waals surface area contributed by atoms with Gasteiger partial charge in [-0.15, -0.1) is 6.58 Å². The van der Waals surface area contributed by atoms with Crippen molar-refractivity contribution in [2.24, 2.45) is 0 Å². The smallest absolute Gasteiger partial charge is 0.227 e. The van der Waals surface area contributed by atoms with E-state index in [0.29, 0.717) is 13.0 Å². The maximum Gasteiger partial charge on any atom is 0.227 e. The molecule has 0 unspecified atom stereocenters. The standard InChI is InChI=1S/C13H17NO/c1-3-10-14(4-2)13(15)11-12-8-6-5-7-9-12/h3,5-9H,1,4,10-11H2,2H3. The van der Waals surface area contributed by atoms with Gasteiger partial charge in [0, 0.05) is 13.1 Å². The lowest BCUT2D eigenvalue weighted by atomic mass is 10.1. The average Bonchev–Trinajstić information content (AvgIpc) is 2.27. The number of carbonyl (C=O) groups is 1. The number of benzene rings is 1. The first-order valence-corrected chi connectivity index (χ1v) is 5.20. The van der Waals surface area contributed by atoms with Crippen LogP contribution in [0.25, 0.3) is 0 Å². The van der Waals surface area contributed by atoms with E-state index in [1.54, 1.807) is 11.0 Å². The van der Waals surface area contributed by atoms with Gasteiger partial charge in [0.05, 0.1) is 6.42 Å². The molecule has 1 rings (SSSR count). The van der Waals surface area contributed by atoms with Crippen LogP contribution in [0.4, 0.5) is 0 Å². The second-order valence-electron chi connectivity index (χ2n) is 3.38. The summed E-state index contributed by atoms with van der Waals surface area (Å²) in [5, 5.41) is 0. The molecule has 1 amide bonds. The van der Waals surface area contributed by atoms with Gasteiger partial charge in [0.1, 0.15) is 0 Å². The lowest BCUT2D eigenvalue weighted by Crippen LogP contribution is -2.32. The molecule has 0 N–H and O–H groups in total. The van der Waals surface area contributed by atoms with Gasteiger partial charge in [-0.05, 0) is 12.5 Å². The van der Waals surface area contributed by atoms with Crippen molar-refractivity contribution in [3.05, 3.63) is 48.6 Å². The maximum absolute atomic E-state index is 11.8. The minimum Gasteiger partial charge on any atom is -0.339 e. The normalized spacial score (nSPS) is 9.67. The van der Waals surface area contributed by atoms with E-state index in [1.807, 2.05) is 37.3 Å². The van der Waals surface area contributed by atoms with Crippen molar-refractivity contribution >= 4 is 5.91 Å². The monoisotopic (exact) mass is 203 g/mol. The third-order valence-corrected chi connectivity index (χ3v) is 2.28. The van der Waals surface area contributed by atoms with Crippen LogP contribution in [0.3, 0.4) is 0 Å². The number of amides is 1. The van der Waals surface area contributed by atoms with Gasteiger partial charge in [-0.2, -0.15) is 0 Å². The molecule has 80 valence electrons. The van der Waals surface area contributed by atoms with Crippen LogP contribution in [0.15, 0.2) is 43.0 Å². The molecule has 0 aromatic heterocycles. The molecule has 0 atom stereocenters. The summed E-state index contributed by atoms with van der Waals surface area (Å²) in [6, 6.07) is 9.80. The van der Waals surface area contributed by atoms with E-state index in [2.05, 4.69) is 6.58 Å². The highest BCUT2D eigenvalue weighted by Crippen LogP contribution is 2.02. The molecule has 0 heterocycles. The zero-order valence-corrected chi connectivity index (χ0v) is 9.15. The highest BCUT2D eigenvalue weighted by Gasteiger charge is 2.09. The SMILES string of the molecule is C=CCN(CC)C(=O)Cc1ccccc1. The fourth-order valence-corrected chi connectivity index (χ4v) is 1.45. The van der Waals surface area contributed by atoms with Crippen LogP contribution in [0, 0.1) is 0 Å². The summed E-state index contributed by atoms with van der Waals surface area (Å²) in [5.74, 6) is 0.156. The van der Waals surface area contributed by atoms with E-state index >= 15 is 0 Å². The average molecular weight is 203 g/mol. The molecule has 0 saturated heterocycles. The van der Waals surface area contributed by atoms with Crippen LogP contribution < -0.4 is 0 Å². The first-order chi connectivity index (χ1) is 7.27. The van der Waals surface area contributed by atoms with E-state index in [0.717, 1.165) is 12.1 Å². The zero-order valence-electron chi connectivity index (χ0n) is 9.15. The van der Waals surface area contributed by atoms with Crippen molar-refractivity contribution in [1.29, 1.82) is 0 Å². The Morgan fingerprint density at radius 1 is 1.40 bits per heavy atom. The van der Waals surface area contributed by atoms with Crippen LogP contribution in [0.1, 0.15) is 12.5 Å². The molecule has 0 aliphatic rings. The Balaban J connectivity index is 2.58. The van der Waals surface area contributed by atoms with Gasteiger partial charge in [-0.25, -0.2) is 0 Å². The van der Waals surface area contributed by atoms with E-state index in [4.69, 9.17) is 0 Å². The molecule has 0 spiro atoms. The summed E-state index contributed by atoms with van der Waals surface area (Å²) in [6.07, 6.45) is 2.23. The van der Waals surface area contributed by atoms with E-state index in [1.165, 1.54) is 0 Å². The Hall–Kier alpha value is -1.57. The van der Waals surface area contributed by atoms with Crippen LogP contribution >= 0.6 is 0 Å². The van der Waals surface area contributed by atoms with E-state index in [-0.39, 0.29) is 5.91 Å². The number of carbonyl (C=O) groups excluding carboxylic acids is 1. The Kier molecular flexibility index (Phi) is 4.61. The summed E-state index contributed by atoms with van der Waals surface area (Å²) in [5.41, 5.74) is 1.06. The zero-order chi connectivity index (χ0) is 11.1. The second-order valence-corrected chi connectivity index (χ2v) is 3.38. The highest BCUT2D eigenvalue weighted by atomic mass is 16.2. The predicted molar refractivity (Wildman–Crippen MR) is 62.6 cm³/mol. The molecule has 0 aliphatic carbocycles. The molecule has 1 aromatic rings. The van der Waals surface area contributed by atoms with Gasteiger partial charge in [0.2, 0.25) is 5.91 Å². The molecule has 0 saturated carbocycles. The van der Waals surface area contributed by atoms with Crippen molar-refractivity contribution in [2.75, 3.05) is 13.1 Å². The molecule has 0 radical (unpaired) electrons. The number of hydrogen-bond donors (Lipinski definition) is 0. The van der Waals surface area contributed by atoms with E-state index < -0.39 is 0 Å². The summed E-state index contributed by atoms with van der Waals surface area (Å²) < 4.78 is 0. The van der Waals surface area contributed by atoms with Crippen molar-refractivity contribution < 1.29 is 4.79 Å². The molecule has 2 heteroatoms. The maximum atomic E-state index is 11.8. The Morgan fingerprint density at radius 3 is 2.60 bits per heavy atom. The minimum absolute atomic E-state index is 0.156. The minimum atomic E-state index is 0.156. The lowest BCUT2D eigenvalue weighted by molar-refractivity contribution is -0.129. The van der Waals surface area contributed by atoms with Crippen molar-refractivity contribution in [1.82, 2.24) is 4.90 Å². The van der Waals surface area contributed by atoms with Gasteiger partial charge in [0.15, 0.2) is 0 Å². The third-order valence-electron chi connectivity index (χ3n) is 2.28. The summed E-state index contributed by atoms with van der Waals surface area (Å²) in [4.78, 5) is 13.6. The highest BCUT2D eigenvalue weighted by molar-refractivity contribution is 5.78. The third kappa shape index (κ3) is 3.58. The Bertz CT molecular complexity index is 319. The van der Waals surface area contributed by atoms with Crippen LogP contribution in [0.2, 0.25) is 0 Å². The van der Waals surface area contributed by atoms with Gasteiger partial charge >= 0.3 is 0 Å². The van der Waals surface area contributed by atoms with Crippen molar-refractivity contribution in [2.45, 2.75) is 13.3 Å². The molecule has 1 aromatic carbocycles. The molecular formula is C13H17NO. The molecule has 0 bridgehead atoms. The van der Waals surface area contributed by atoms with Crippen molar-refractivity contribution in [3.8, 4) is 0 Å².